The van der Waals surface area contributed by atoms with Crippen LogP contribution in [-0.4, -0.2) is 60.9 Å². The number of hydrogen-bond donors (Lipinski definition) is 3. The topological polar surface area (TPSA) is 114 Å². The molecule has 10 heteroatoms. The predicted octanol–water partition coefficient (Wildman–Crippen LogP) is 2.91. The molecule has 2 atom stereocenters. The summed E-state index contributed by atoms with van der Waals surface area (Å²) in [6.07, 6.45) is -4.97. The molecule has 34 heavy (non-hydrogen) atoms. The lowest BCUT2D eigenvalue weighted by atomic mass is 9.98. The van der Waals surface area contributed by atoms with E-state index in [1.807, 2.05) is 48.5 Å². The molecule has 8 nitrogen and oxygen atoms in total. The molecule has 0 saturated carbocycles. The van der Waals surface area contributed by atoms with Gasteiger partial charge in [0, 0.05) is 25.4 Å². The summed E-state index contributed by atoms with van der Waals surface area (Å²) in [7, 11) is 0. The Bertz CT molecular complexity index is 1040. The molecular formula is C24H24F2N2O6. The smallest absolute Gasteiger partial charge is 0.407 e. The second-order valence-corrected chi connectivity index (χ2v) is 8.33. The molecule has 0 aromatic heterocycles. The average molecular weight is 474 g/mol. The van der Waals surface area contributed by atoms with Crippen molar-refractivity contribution in [2.24, 2.45) is 0 Å². The van der Waals surface area contributed by atoms with E-state index in [4.69, 9.17) is 9.47 Å². The summed E-state index contributed by atoms with van der Waals surface area (Å²) >= 11 is 0. The molecule has 1 aliphatic carbocycles. The Balaban J connectivity index is 1.43. The number of halogens is 2. The van der Waals surface area contributed by atoms with Gasteiger partial charge in [-0.05, 0) is 22.3 Å². The first-order valence-electron chi connectivity index (χ1n) is 10.8. The van der Waals surface area contributed by atoms with Crippen LogP contribution in [0.3, 0.4) is 0 Å². The molecule has 180 valence electrons. The molecular weight excluding hydrogens is 450 g/mol. The van der Waals surface area contributed by atoms with Crippen LogP contribution in [0.15, 0.2) is 48.5 Å². The van der Waals surface area contributed by atoms with Crippen LogP contribution in [0.2, 0.25) is 0 Å². The van der Waals surface area contributed by atoms with Gasteiger partial charge < -0.3 is 25.2 Å². The van der Waals surface area contributed by atoms with E-state index in [1.54, 1.807) is 0 Å². The maximum Gasteiger partial charge on any atom is 0.407 e. The van der Waals surface area contributed by atoms with Crippen molar-refractivity contribution in [3.05, 3.63) is 59.7 Å². The zero-order chi connectivity index (χ0) is 24.3. The van der Waals surface area contributed by atoms with Crippen molar-refractivity contribution in [3.8, 4) is 11.1 Å². The number of alkyl halides is 2. The van der Waals surface area contributed by atoms with Crippen LogP contribution in [0.5, 0.6) is 0 Å². The highest BCUT2D eigenvalue weighted by Crippen LogP contribution is 2.44. The molecule has 1 aliphatic heterocycles. The van der Waals surface area contributed by atoms with Crippen molar-refractivity contribution >= 4 is 18.0 Å². The Kier molecular flexibility index (Phi) is 6.78. The highest BCUT2D eigenvalue weighted by molar-refractivity contribution is 5.91. The number of ether oxygens (including phenoxy) is 2. The average Bonchev–Trinajstić information content (AvgIpc) is 3.41. The number of hydrogen-bond acceptors (Lipinski definition) is 5. The van der Waals surface area contributed by atoms with Crippen LogP contribution < -0.4 is 10.6 Å². The normalized spacial score (nSPS) is 19.9. The lowest BCUT2D eigenvalue weighted by Gasteiger charge is -2.27. The van der Waals surface area contributed by atoms with E-state index in [0.29, 0.717) is 0 Å². The van der Waals surface area contributed by atoms with Gasteiger partial charge in [0.1, 0.15) is 12.6 Å². The fraction of sp³-hybridized carbons (Fsp3) is 0.375. The van der Waals surface area contributed by atoms with E-state index in [9.17, 15) is 28.3 Å². The van der Waals surface area contributed by atoms with Gasteiger partial charge in [0.05, 0.1) is 6.61 Å². The van der Waals surface area contributed by atoms with Crippen LogP contribution in [0, 0.1) is 0 Å². The maximum absolute atomic E-state index is 13.1. The first kappa shape index (κ1) is 23.6. The molecule has 2 unspecified atom stereocenters. The zero-order valence-electron chi connectivity index (χ0n) is 18.1. The number of carboxylic acids is 1. The number of carbonyl (C=O) groups excluding carboxylic acids is 2. The SMILES string of the molecule is O=C(NC(CC(F)F)C(=O)NC1(C(=O)O)CCOC1)OCC1c2ccccc2-c2ccccc21. The van der Waals surface area contributed by atoms with Gasteiger partial charge in [0.15, 0.2) is 5.54 Å². The monoisotopic (exact) mass is 474 g/mol. The summed E-state index contributed by atoms with van der Waals surface area (Å²) < 4.78 is 36.6. The summed E-state index contributed by atoms with van der Waals surface area (Å²) in [6.45, 7) is -0.248. The number of amides is 2. The molecule has 1 heterocycles. The van der Waals surface area contributed by atoms with Gasteiger partial charge in [-0.3, -0.25) is 4.79 Å². The number of carbonyl (C=O) groups is 3. The fourth-order valence-corrected chi connectivity index (χ4v) is 4.40. The Morgan fingerprint density at radius 2 is 1.71 bits per heavy atom. The highest BCUT2D eigenvalue weighted by Gasteiger charge is 2.45. The van der Waals surface area contributed by atoms with E-state index in [2.05, 4.69) is 10.6 Å². The summed E-state index contributed by atoms with van der Waals surface area (Å²) in [5.41, 5.74) is 2.28. The van der Waals surface area contributed by atoms with Crippen molar-refractivity contribution in [2.75, 3.05) is 19.8 Å². The zero-order valence-corrected chi connectivity index (χ0v) is 18.1. The van der Waals surface area contributed by atoms with Gasteiger partial charge in [-0.15, -0.1) is 0 Å². The Hall–Kier alpha value is -3.53. The molecule has 2 aromatic carbocycles. The number of fused-ring (bicyclic) bond motifs is 3. The van der Waals surface area contributed by atoms with E-state index < -0.39 is 42.4 Å². The summed E-state index contributed by atoms with van der Waals surface area (Å²) in [4.78, 5) is 36.7. The van der Waals surface area contributed by atoms with Crippen LogP contribution in [0.25, 0.3) is 11.1 Å². The van der Waals surface area contributed by atoms with E-state index in [-0.39, 0.29) is 32.2 Å². The van der Waals surface area contributed by atoms with E-state index in [0.717, 1.165) is 22.3 Å². The predicted molar refractivity (Wildman–Crippen MR) is 117 cm³/mol. The largest absolute Gasteiger partial charge is 0.479 e. The molecule has 0 spiro atoms. The molecule has 0 bridgehead atoms. The molecule has 2 aromatic rings. The van der Waals surface area contributed by atoms with E-state index in [1.165, 1.54) is 0 Å². The Morgan fingerprint density at radius 3 is 2.24 bits per heavy atom. The molecule has 4 rings (SSSR count). The summed E-state index contributed by atoms with van der Waals surface area (Å²) in [5, 5.41) is 13.9. The Morgan fingerprint density at radius 1 is 1.09 bits per heavy atom. The third-order valence-electron chi connectivity index (χ3n) is 6.16. The van der Waals surface area contributed by atoms with Crippen molar-refractivity contribution in [3.63, 3.8) is 0 Å². The molecule has 2 amide bonds. The standard InChI is InChI=1S/C24H24F2N2O6/c25-20(26)11-19(21(29)28-24(22(30)31)9-10-33-13-24)27-23(32)34-12-18-16-7-3-1-5-14(16)15-6-2-4-8-17(15)18/h1-8,18-20H,9-13H2,(H,27,32)(H,28,29)(H,30,31). The lowest BCUT2D eigenvalue weighted by Crippen LogP contribution is -2.60. The Labute approximate surface area is 194 Å². The number of rotatable bonds is 8. The number of alkyl carbamates (subject to hydrolysis) is 1. The van der Waals surface area contributed by atoms with Gasteiger partial charge in [-0.25, -0.2) is 18.4 Å². The van der Waals surface area contributed by atoms with Crippen LogP contribution >= 0.6 is 0 Å². The lowest BCUT2D eigenvalue weighted by molar-refractivity contribution is -0.148. The molecule has 1 saturated heterocycles. The molecule has 1 fully saturated rings. The summed E-state index contributed by atoms with van der Waals surface area (Å²) in [6, 6.07) is 13.7. The number of benzene rings is 2. The minimum absolute atomic E-state index is 0.0135. The van der Waals surface area contributed by atoms with Gasteiger partial charge in [-0.1, -0.05) is 48.5 Å². The van der Waals surface area contributed by atoms with Gasteiger partial charge >= 0.3 is 12.1 Å². The van der Waals surface area contributed by atoms with Crippen LogP contribution in [0.4, 0.5) is 13.6 Å². The van der Waals surface area contributed by atoms with Crippen LogP contribution in [0.1, 0.15) is 29.9 Å². The highest BCUT2D eigenvalue weighted by atomic mass is 19.3. The van der Waals surface area contributed by atoms with E-state index >= 15 is 0 Å². The van der Waals surface area contributed by atoms with Crippen molar-refractivity contribution in [2.45, 2.75) is 36.8 Å². The first-order valence-corrected chi connectivity index (χ1v) is 10.8. The van der Waals surface area contributed by atoms with Gasteiger partial charge in [0.2, 0.25) is 12.3 Å². The first-order chi connectivity index (χ1) is 16.3. The van der Waals surface area contributed by atoms with Gasteiger partial charge in [0.25, 0.3) is 0 Å². The fourth-order valence-electron chi connectivity index (χ4n) is 4.40. The third kappa shape index (κ3) is 4.72. The minimum Gasteiger partial charge on any atom is -0.479 e. The maximum atomic E-state index is 13.1. The number of aliphatic carboxylic acids is 1. The minimum atomic E-state index is -2.91. The van der Waals surface area contributed by atoms with Crippen LogP contribution in [-0.2, 0) is 19.1 Å². The molecule has 2 aliphatic rings. The third-order valence-corrected chi connectivity index (χ3v) is 6.16. The second-order valence-electron chi connectivity index (χ2n) is 8.33. The van der Waals surface area contributed by atoms with Crippen molar-refractivity contribution in [1.29, 1.82) is 0 Å². The number of carboxylic acid groups (broad SMARTS) is 1. The van der Waals surface area contributed by atoms with Crippen molar-refractivity contribution in [1.82, 2.24) is 10.6 Å². The van der Waals surface area contributed by atoms with Crippen molar-refractivity contribution < 1.29 is 37.7 Å². The number of nitrogens with one attached hydrogen (secondary N) is 2. The summed E-state index contributed by atoms with van der Waals surface area (Å²) in [5.74, 6) is -2.62. The van der Waals surface area contributed by atoms with Gasteiger partial charge in [-0.2, -0.15) is 0 Å². The molecule has 3 N–H and O–H groups in total. The quantitative estimate of drug-likeness (QED) is 0.542. The molecule has 0 radical (unpaired) electrons. The second kappa shape index (κ2) is 9.76.